The molecule has 1 rings (SSSR count). The molecule has 2 unspecified atom stereocenters. The minimum Gasteiger partial charge on any atom is -0.481 e. The Kier molecular flexibility index (Phi) is 5.75. The first-order chi connectivity index (χ1) is 9.31. The molecule has 0 saturated carbocycles. The number of carboxylic acids is 1. The normalized spacial score (nSPS) is 20.6. The summed E-state index contributed by atoms with van der Waals surface area (Å²) in [5.41, 5.74) is 5.07. The predicted molar refractivity (Wildman–Crippen MR) is 69.9 cm³/mol. The van der Waals surface area contributed by atoms with E-state index in [1.54, 1.807) is 13.8 Å². The van der Waals surface area contributed by atoms with Gasteiger partial charge < -0.3 is 25.8 Å². The molecule has 0 radical (unpaired) electrons. The maximum absolute atomic E-state index is 12.4. The van der Waals surface area contributed by atoms with Crippen LogP contribution in [0.15, 0.2) is 0 Å². The summed E-state index contributed by atoms with van der Waals surface area (Å²) in [7, 11) is 0. The number of carboxylic acid groups (broad SMARTS) is 1. The maximum Gasteiger partial charge on any atom is 0.312 e. The van der Waals surface area contributed by atoms with E-state index < -0.39 is 24.1 Å². The molecule has 3 amide bonds. The molecule has 1 saturated heterocycles. The van der Waals surface area contributed by atoms with E-state index in [4.69, 9.17) is 15.6 Å². The number of hydrogen-bond donors (Lipinski definition) is 3. The van der Waals surface area contributed by atoms with Crippen molar-refractivity contribution in [3.8, 4) is 0 Å². The van der Waals surface area contributed by atoms with Gasteiger partial charge in [0.25, 0.3) is 0 Å². The number of nitrogens with one attached hydrogen (secondary N) is 1. The predicted octanol–water partition coefficient (Wildman–Crippen LogP) is -0.619. The summed E-state index contributed by atoms with van der Waals surface area (Å²) in [6, 6.07) is -1.47. The van der Waals surface area contributed by atoms with Crippen LogP contribution in [0.1, 0.15) is 20.3 Å². The van der Waals surface area contributed by atoms with Crippen LogP contribution < -0.4 is 11.1 Å². The summed E-state index contributed by atoms with van der Waals surface area (Å²) >= 11 is 0. The van der Waals surface area contributed by atoms with E-state index >= 15 is 0 Å². The number of carbonyl (C=O) groups excluding carboxylic acids is 2. The number of carbonyl (C=O) groups is 3. The topological polar surface area (TPSA) is 122 Å². The third kappa shape index (κ3) is 4.69. The second-order valence-electron chi connectivity index (χ2n) is 5.11. The molecule has 20 heavy (non-hydrogen) atoms. The number of primary amides is 1. The summed E-state index contributed by atoms with van der Waals surface area (Å²) in [4.78, 5) is 35.5. The number of aliphatic carboxylic acids is 1. The number of hydrogen-bond acceptors (Lipinski definition) is 4. The Balaban J connectivity index is 2.68. The highest BCUT2D eigenvalue weighted by Gasteiger charge is 2.32. The lowest BCUT2D eigenvalue weighted by molar-refractivity contribution is -0.149. The zero-order valence-corrected chi connectivity index (χ0v) is 11.7. The van der Waals surface area contributed by atoms with Crippen molar-refractivity contribution < 1.29 is 24.2 Å². The Morgan fingerprint density at radius 1 is 1.45 bits per heavy atom. The van der Waals surface area contributed by atoms with Gasteiger partial charge in [-0.15, -0.1) is 0 Å². The van der Waals surface area contributed by atoms with Crippen LogP contribution in [0.2, 0.25) is 0 Å². The van der Waals surface area contributed by atoms with E-state index in [9.17, 15) is 14.4 Å². The molecule has 0 aromatic rings. The zero-order valence-electron chi connectivity index (χ0n) is 11.7. The highest BCUT2D eigenvalue weighted by atomic mass is 16.5. The van der Waals surface area contributed by atoms with Gasteiger partial charge in [-0.05, 0) is 5.92 Å². The minimum atomic E-state index is -0.972. The molecule has 114 valence electrons. The van der Waals surface area contributed by atoms with Gasteiger partial charge in [0.1, 0.15) is 6.04 Å². The molecular weight excluding hydrogens is 266 g/mol. The highest BCUT2D eigenvalue weighted by Crippen LogP contribution is 2.13. The van der Waals surface area contributed by atoms with E-state index in [1.807, 2.05) is 0 Å². The van der Waals surface area contributed by atoms with E-state index in [-0.39, 0.29) is 31.4 Å². The fraction of sp³-hybridized carbons (Fsp3) is 0.750. The van der Waals surface area contributed by atoms with Crippen molar-refractivity contribution in [1.29, 1.82) is 0 Å². The quantitative estimate of drug-likeness (QED) is 0.622. The molecule has 0 spiro atoms. The number of rotatable bonds is 5. The first-order valence-corrected chi connectivity index (χ1v) is 6.49. The largest absolute Gasteiger partial charge is 0.481 e. The Morgan fingerprint density at radius 2 is 2.10 bits per heavy atom. The average Bonchev–Trinajstić information content (AvgIpc) is 2.34. The van der Waals surface area contributed by atoms with Crippen molar-refractivity contribution in [3.63, 3.8) is 0 Å². The van der Waals surface area contributed by atoms with E-state index in [1.165, 1.54) is 4.90 Å². The number of amides is 3. The second kappa shape index (κ2) is 7.09. The molecule has 8 heteroatoms. The van der Waals surface area contributed by atoms with Gasteiger partial charge in [0.05, 0.1) is 19.1 Å². The fourth-order valence-electron chi connectivity index (χ4n) is 2.10. The van der Waals surface area contributed by atoms with Gasteiger partial charge in [-0.1, -0.05) is 13.8 Å². The summed E-state index contributed by atoms with van der Waals surface area (Å²) in [6.07, 6.45) is -0.675. The van der Waals surface area contributed by atoms with E-state index in [2.05, 4.69) is 5.32 Å². The smallest absolute Gasteiger partial charge is 0.312 e. The molecule has 1 aliphatic rings. The first kappa shape index (κ1) is 16.2. The van der Waals surface area contributed by atoms with E-state index in [0.29, 0.717) is 6.54 Å². The molecule has 2 atom stereocenters. The van der Waals surface area contributed by atoms with Crippen molar-refractivity contribution in [1.82, 2.24) is 10.2 Å². The van der Waals surface area contributed by atoms with Crippen molar-refractivity contribution in [2.24, 2.45) is 11.7 Å². The Morgan fingerprint density at radius 3 is 2.60 bits per heavy atom. The van der Waals surface area contributed by atoms with Crippen LogP contribution in [0.4, 0.5) is 4.79 Å². The molecule has 4 N–H and O–H groups in total. The molecular formula is C12H21N3O5. The van der Waals surface area contributed by atoms with Crippen LogP contribution in [0, 0.1) is 5.92 Å². The van der Waals surface area contributed by atoms with Crippen LogP contribution in [0.3, 0.4) is 0 Å². The van der Waals surface area contributed by atoms with Gasteiger partial charge in [-0.3, -0.25) is 9.59 Å². The standard InChI is InChI=1S/C12H21N3O5/c1-7(2)10(14-12(13)19)11(18)15-3-4-20-8(6-15)5-9(16)17/h7-8,10H,3-6H2,1-2H3,(H,16,17)(H3,13,14,19). The van der Waals surface area contributed by atoms with E-state index in [0.717, 1.165) is 0 Å². The van der Waals surface area contributed by atoms with Gasteiger partial charge in [-0.25, -0.2) is 4.79 Å². The third-order valence-corrected chi connectivity index (χ3v) is 3.08. The van der Waals surface area contributed by atoms with Crippen LogP contribution in [0.5, 0.6) is 0 Å². The Labute approximate surface area is 117 Å². The molecule has 0 bridgehead atoms. The number of morpholine rings is 1. The van der Waals surface area contributed by atoms with Crippen molar-refractivity contribution in [3.05, 3.63) is 0 Å². The molecule has 1 heterocycles. The lowest BCUT2D eigenvalue weighted by Crippen LogP contribution is -2.56. The Hall–Kier alpha value is -1.83. The van der Waals surface area contributed by atoms with Crippen molar-refractivity contribution in [2.75, 3.05) is 19.7 Å². The average molecular weight is 287 g/mol. The van der Waals surface area contributed by atoms with Gasteiger partial charge in [0.2, 0.25) is 5.91 Å². The zero-order chi connectivity index (χ0) is 15.3. The molecule has 1 fully saturated rings. The number of nitrogens with two attached hydrogens (primary N) is 1. The fourth-order valence-corrected chi connectivity index (χ4v) is 2.10. The highest BCUT2D eigenvalue weighted by molar-refractivity contribution is 5.87. The number of nitrogens with zero attached hydrogens (tertiary/aromatic N) is 1. The number of urea groups is 1. The molecule has 1 aliphatic heterocycles. The van der Waals surface area contributed by atoms with Crippen LogP contribution in [-0.2, 0) is 14.3 Å². The lowest BCUT2D eigenvalue weighted by Gasteiger charge is -2.35. The van der Waals surface area contributed by atoms with Gasteiger partial charge in [-0.2, -0.15) is 0 Å². The molecule has 0 aliphatic carbocycles. The second-order valence-corrected chi connectivity index (χ2v) is 5.11. The van der Waals surface area contributed by atoms with Gasteiger partial charge >= 0.3 is 12.0 Å². The Bertz CT molecular complexity index is 385. The van der Waals surface area contributed by atoms with Crippen LogP contribution in [0.25, 0.3) is 0 Å². The first-order valence-electron chi connectivity index (χ1n) is 6.49. The molecule has 0 aromatic heterocycles. The summed E-state index contributed by atoms with van der Waals surface area (Å²) in [5, 5.41) is 11.2. The SMILES string of the molecule is CC(C)C(NC(N)=O)C(=O)N1CCOC(CC(=O)O)C1. The maximum atomic E-state index is 12.4. The van der Waals surface area contributed by atoms with Gasteiger partial charge in [0.15, 0.2) is 0 Å². The lowest BCUT2D eigenvalue weighted by atomic mass is 10.0. The number of ether oxygens (including phenoxy) is 1. The monoisotopic (exact) mass is 287 g/mol. The summed E-state index contributed by atoms with van der Waals surface area (Å²) in [5.74, 6) is -1.35. The van der Waals surface area contributed by atoms with Crippen molar-refractivity contribution in [2.45, 2.75) is 32.4 Å². The molecule has 8 nitrogen and oxygen atoms in total. The van der Waals surface area contributed by atoms with Crippen LogP contribution >= 0.6 is 0 Å². The summed E-state index contributed by atoms with van der Waals surface area (Å²) in [6.45, 7) is 4.46. The molecule has 0 aromatic carbocycles. The third-order valence-electron chi connectivity index (χ3n) is 3.08. The summed E-state index contributed by atoms with van der Waals surface area (Å²) < 4.78 is 5.30. The minimum absolute atomic E-state index is 0.115. The van der Waals surface area contributed by atoms with Crippen molar-refractivity contribution >= 4 is 17.9 Å². The van der Waals surface area contributed by atoms with Crippen LogP contribution in [-0.4, -0.2) is 59.8 Å². The van der Waals surface area contributed by atoms with Gasteiger partial charge in [0, 0.05) is 13.1 Å².